The largest absolute Gasteiger partial charge is 0.301 e. The van der Waals surface area contributed by atoms with Gasteiger partial charge in [-0.3, -0.25) is 4.98 Å². The van der Waals surface area contributed by atoms with E-state index in [4.69, 9.17) is 11.6 Å². The Bertz CT molecular complexity index is 1070. The number of hydrogen-bond acceptors (Lipinski definition) is 3. The second-order valence-corrected chi connectivity index (χ2v) is 9.09. The molecular weight excluding hydrogens is 444 g/mol. The fourth-order valence-corrected chi connectivity index (χ4v) is 4.59. The van der Waals surface area contributed by atoms with Crippen LogP contribution in [0.5, 0.6) is 0 Å². The lowest BCUT2D eigenvalue weighted by Gasteiger charge is -2.21. The normalized spacial score (nSPS) is 12.7. The third-order valence-electron chi connectivity index (χ3n) is 4.89. The third-order valence-corrected chi connectivity index (χ3v) is 6.18. The Balaban J connectivity index is 0.000000217. The molecule has 0 unspecified atom stereocenters. The van der Waals surface area contributed by atoms with Crippen molar-refractivity contribution in [2.24, 2.45) is 0 Å². The van der Waals surface area contributed by atoms with Crippen LogP contribution in [0.25, 0.3) is 16.7 Å². The van der Waals surface area contributed by atoms with Crippen molar-refractivity contribution in [3.8, 4) is 11.1 Å². The molecule has 1 aromatic carbocycles. The molecule has 0 fully saturated rings. The van der Waals surface area contributed by atoms with Crippen LogP contribution in [0.3, 0.4) is 0 Å². The van der Waals surface area contributed by atoms with E-state index in [-0.39, 0.29) is 0 Å². The summed E-state index contributed by atoms with van der Waals surface area (Å²) in [6.45, 7) is 16.4. The van der Waals surface area contributed by atoms with Crippen molar-refractivity contribution in [2.45, 2.75) is 13.0 Å². The molecule has 2 aromatic heterocycles. The lowest BCUT2D eigenvalue weighted by Crippen LogP contribution is -2.24. The van der Waals surface area contributed by atoms with Crippen LogP contribution >= 0.6 is 22.9 Å². The predicted octanol–water partition coefficient (Wildman–Crippen LogP) is 8.25. The van der Waals surface area contributed by atoms with Gasteiger partial charge in [-0.25, -0.2) is 0 Å². The van der Waals surface area contributed by atoms with E-state index in [1.54, 1.807) is 35.6 Å². The maximum absolute atomic E-state index is 5.90. The molecule has 1 aliphatic heterocycles. The number of pyridine rings is 1. The van der Waals surface area contributed by atoms with Gasteiger partial charge in [-0.1, -0.05) is 105 Å². The lowest BCUT2D eigenvalue weighted by atomic mass is 10.1. The number of hydrogen-bond donors (Lipinski definition) is 0. The van der Waals surface area contributed by atoms with Gasteiger partial charge in [0.2, 0.25) is 0 Å². The van der Waals surface area contributed by atoms with Crippen LogP contribution in [-0.2, 0) is 13.0 Å². The first-order valence-electron chi connectivity index (χ1n) is 10.7. The average molecular weight is 475 g/mol. The van der Waals surface area contributed by atoms with Gasteiger partial charge in [0.05, 0.1) is 10.0 Å². The summed E-state index contributed by atoms with van der Waals surface area (Å²) in [4.78, 5) is 8.23. The van der Waals surface area contributed by atoms with Crippen molar-refractivity contribution in [1.82, 2.24) is 9.88 Å². The van der Waals surface area contributed by atoms with Crippen molar-refractivity contribution >= 4 is 28.5 Å². The van der Waals surface area contributed by atoms with E-state index >= 15 is 0 Å². The highest BCUT2D eigenvalue weighted by Gasteiger charge is 2.15. The van der Waals surface area contributed by atoms with Crippen molar-refractivity contribution in [1.29, 1.82) is 0 Å². The molecule has 0 saturated heterocycles. The van der Waals surface area contributed by atoms with Crippen LogP contribution in [0.1, 0.15) is 16.1 Å². The number of nitrogens with zero attached hydrogens (tertiary/aromatic N) is 2. The maximum atomic E-state index is 5.90. The van der Waals surface area contributed by atoms with Crippen LogP contribution in [0.15, 0.2) is 111 Å². The van der Waals surface area contributed by atoms with Gasteiger partial charge in [0, 0.05) is 29.7 Å². The Morgan fingerprint density at radius 1 is 1.00 bits per heavy atom. The summed E-state index contributed by atoms with van der Waals surface area (Å²) in [5, 5.41) is 0. The molecule has 0 radical (unpaired) electrons. The molecule has 170 valence electrons. The number of benzene rings is 1. The minimum atomic E-state index is 0.907. The molecule has 0 spiro atoms. The number of halogens is 1. The van der Waals surface area contributed by atoms with E-state index in [0.29, 0.717) is 0 Å². The fourth-order valence-electron chi connectivity index (χ4n) is 3.16. The summed E-state index contributed by atoms with van der Waals surface area (Å²) >= 11 is 7.62. The van der Waals surface area contributed by atoms with E-state index in [1.807, 2.05) is 36.5 Å². The summed E-state index contributed by atoms with van der Waals surface area (Å²) in [5.74, 6) is 0. The molecule has 0 atom stereocenters. The van der Waals surface area contributed by atoms with Gasteiger partial charge >= 0.3 is 0 Å². The molecule has 33 heavy (non-hydrogen) atoms. The Hall–Kier alpha value is -2.98. The SMILES string of the molecule is C=C/C=C(\C=C)c1ccc(-c2ccccc2)cn1.C=CC=C.CN1CCc2cc(Cl)sc2C1. The summed E-state index contributed by atoms with van der Waals surface area (Å²) < 4.78 is 0.935. The van der Waals surface area contributed by atoms with E-state index < -0.39 is 0 Å². The minimum Gasteiger partial charge on any atom is -0.301 e. The zero-order chi connectivity index (χ0) is 24.1. The monoisotopic (exact) mass is 474 g/mol. The molecule has 3 heterocycles. The van der Waals surface area contributed by atoms with E-state index in [0.717, 1.165) is 34.1 Å². The molecular formula is C29H31ClN2S. The summed E-state index contributed by atoms with van der Waals surface area (Å²) in [7, 11) is 2.15. The Kier molecular flexibility index (Phi) is 11.3. The van der Waals surface area contributed by atoms with Crippen molar-refractivity contribution in [3.63, 3.8) is 0 Å². The Morgan fingerprint density at radius 2 is 1.73 bits per heavy atom. The van der Waals surface area contributed by atoms with Gasteiger partial charge in [-0.15, -0.1) is 11.3 Å². The second-order valence-electron chi connectivity index (χ2n) is 7.32. The average Bonchev–Trinajstić information content (AvgIpc) is 3.23. The highest BCUT2D eigenvalue weighted by molar-refractivity contribution is 7.16. The van der Waals surface area contributed by atoms with Crippen LogP contribution in [0.4, 0.5) is 0 Å². The van der Waals surface area contributed by atoms with Crippen LogP contribution in [0.2, 0.25) is 4.34 Å². The standard InChI is InChI=1S/C17H15N.C8H10ClNS.C4H6/c1-3-8-14(4-2)17-12-11-16(13-18-17)15-9-6-5-7-10-15;1-10-3-2-6-4-8(9)11-7(6)5-10;1-3-4-2/h3-13H,1-2H2;4H,2-3,5H2,1H3;3-4H,1-2H2/b14-8+;;. The van der Waals surface area contributed by atoms with Gasteiger partial charge < -0.3 is 4.90 Å². The van der Waals surface area contributed by atoms with Gasteiger partial charge in [0.15, 0.2) is 0 Å². The zero-order valence-electron chi connectivity index (χ0n) is 19.2. The molecule has 0 bridgehead atoms. The first-order valence-corrected chi connectivity index (χ1v) is 11.9. The van der Waals surface area contributed by atoms with Crippen molar-refractivity contribution < 1.29 is 0 Å². The Labute approximate surface area is 207 Å². The lowest BCUT2D eigenvalue weighted by molar-refractivity contribution is 0.317. The molecule has 4 heteroatoms. The number of thiophene rings is 1. The Morgan fingerprint density at radius 3 is 2.30 bits per heavy atom. The molecule has 0 N–H and O–H groups in total. The van der Waals surface area contributed by atoms with Gasteiger partial charge in [0.1, 0.15) is 0 Å². The molecule has 0 aliphatic carbocycles. The van der Waals surface area contributed by atoms with Crippen LogP contribution in [0, 0.1) is 0 Å². The highest BCUT2D eigenvalue weighted by Crippen LogP contribution is 2.30. The predicted molar refractivity (Wildman–Crippen MR) is 148 cm³/mol. The number of rotatable bonds is 5. The summed E-state index contributed by atoms with van der Waals surface area (Å²) in [6.07, 6.45) is 11.7. The maximum Gasteiger partial charge on any atom is 0.0934 e. The highest BCUT2D eigenvalue weighted by atomic mass is 35.5. The quantitative estimate of drug-likeness (QED) is 0.346. The topological polar surface area (TPSA) is 16.1 Å². The van der Waals surface area contributed by atoms with Gasteiger partial charge in [-0.2, -0.15) is 0 Å². The third kappa shape index (κ3) is 8.47. The molecule has 3 aromatic rings. The molecule has 0 saturated carbocycles. The fraction of sp³-hybridized carbons (Fsp3) is 0.138. The van der Waals surface area contributed by atoms with Crippen molar-refractivity contribution in [3.05, 3.63) is 132 Å². The first-order chi connectivity index (χ1) is 16.0. The summed E-state index contributed by atoms with van der Waals surface area (Å²) in [6, 6.07) is 16.4. The van der Waals surface area contributed by atoms with Crippen LogP contribution in [-0.4, -0.2) is 23.5 Å². The van der Waals surface area contributed by atoms with Gasteiger partial charge in [0.25, 0.3) is 0 Å². The molecule has 2 nitrogen and oxygen atoms in total. The smallest absolute Gasteiger partial charge is 0.0934 e. The number of allylic oxidation sites excluding steroid dienone is 6. The number of aromatic nitrogens is 1. The second kappa shape index (κ2) is 14.2. The molecule has 0 amide bonds. The van der Waals surface area contributed by atoms with Gasteiger partial charge in [-0.05, 0) is 42.3 Å². The van der Waals surface area contributed by atoms with Crippen molar-refractivity contribution in [2.75, 3.05) is 13.6 Å². The number of fused-ring (bicyclic) bond motifs is 1. The summed E-state index contributed by atoms with van der Waals surface area (Å²) in [5.41, 5.74) is 5.62. The van der Waals surface area contributed by atoms with E-state index in [1.165, 1.54) is 22.5 Å². The number of likely N-dealkylation sites (N-methyl/N-ethyl adjacent to an activating group) is 1. The zero-order valence-corrected chi connectivity index (χ0v) is 20.8. The first kappa shape index (κ1) is 26.3. The van der Waals surface area contributed by atoms with E-state index in [2.05, 4.69) is 67.5 Å². The molecule has 4 rings (SSSR count). The molecule has 1 aliphatic rings. The van der Waals surface area contributed by atoms with E-state index in [9.17, 15) is 0 Å². The minimum absolute atomic E-state index is 0.907. The van der Waals surface area contributed by atoms with Crippen LogP contribution < -0.4 is 0 Å².